The van der Waals surface area contributed by atoms with Gasteiger partial charge in [-0.2, -0.15) is 4.31 Å². The lowest BCUT2D eigenvalue weighted by Crippen LogP contribution is -2.36. The maximum Gasteiger partial charge on any atom is 0.243 e. The first-order valence-corrected chi connectivity index (χ1v) is 8.78. The molecule has 0 bridgehead atoms. The van der Waals surface area contributed by atoms with E-state index in [0.29, 0.717) is 13.1 Å². The Hall–Kier alpha value is -1.76. The maximum atomic E-state index is 13.1. The number of benzene rings is 2. The minimum Gasteiger partial charge on any atom is -0.308 e. The Bertz CT molecular complexity index is 716. The quantitative estimate of drug-likeness (QED) is 0.780. The molecule has 0 radical (unpaired) electrons. The summed E-state index contributed by atoms with van der Waals surface area (Å²) in [6.45, 7) is 1.25. The van der Waals surface area contributed by atoms with E-state index in [2.05, 4.69) is 0 Å². The van der Waals surface area contributed by atoms with Crippen LogP contribution in [0.2, 0.25) is 0 Å². The number of sulfonamides is 1. The van der Waals surface area contributed by atoms with E-state index in [0.717, 1.165) is 5.56 Å². The Labute approximate surface area is 137 Å². The van der Waals surface area contributed by atoms with Crippen LogP contribution < -0.4 is 0 Å². The molecule has 0 amide bonds. The van der Waals surface area contributed by atoms with Crippen molar-refractivity contribution in [1.82, 2.24) is 9.21 Å². The van der Waals surface area contributed by atoms with Gasteiger partial charge >= 0.3 is 0 Å². The van der Waals surface area contributed by atoms with Crippen LogP contribution in [-0.2, 0) is 16.6 Å². The summed E-state index contributed by atoms with van der Waals surface area (Å²) in [5, 5.41) is 0. The molecule has 124 valence electrons. The first-order chi connectivity index (χ1) is 10.9. The highest BCUT2D eigenvalue weighted by Gasteiger charge is 2.24. The van der Waals surface area contributed by atoms with Crippen LogP contribution in [0.25, 0.3) is 0 Å². The van der Waals surface area contributed by atoms with Crippen molar-refractivity contribution in [3.05, 3.63) is 66.0 Å². The number of hydrogen-bond donors (Lipinski definition) is 0. The van der Waals surface area contributed by atoms with Crippen LogP contribution in [0.15, 0.2) is 59.5 Å². The molecule has 6 heteroatoms. The van der Waals surface area contributed by atoms with Crippen LogP contribution in [0, 0.1) is 5.82 Å². The molecular weight excluding hydrogens is 315 g/mol. The van der Waals surface area contributed by atoms with Crippen LogP contribution in [0.1, 0.15) is 5.56 Å². The number of rotatable bonds is 7. The summed E-state index contributed by atoms with van der Waals surface area (Å²) in [5.74, 6) is -0.452. The van der Waals surface area contributed by atoms with Crippen molar-refractivity contribution in [3.8, 4) is 0 Å². The summed E-state index contributed by atoms with van der Waals surface area (Å²) >= 11 is 0. The van der Waals surface area contributed by atoms with E-state index in [1.807, 2.05) is 49.3 Å². The SMILES string of the molecule is CN(C)CCN(Cc1ccccc1)S(=O)(=O)c1ccc(F)cc1. The summed E-state index contributed by atoms with van der Waals surface area (Å²) in [7, 11) is 0.116. The van der Waals surface area contributed by atoms with Gasteiger partial charge < -0.3 is 4.90 Å². The molecule has 0 aliphatic carbocycles. The van der Waals surface area contributed by atoms with Crippen LogP contribution >= 0.6 is 0 Å². The number of halogens is 1. The lowest BCUT2D eigenvalue weighted by Gasteiger charge is -2.24. The van der Waals surface area contributed by atoms with E-state index >= 15 is 0 Å². The van der Waals surface area contributed by atoms with Gasteiger partial charge in [0.1, 0.15) is 5.82 Å². The molecule has 0 atom stereocenters. The number of likely N-dealkylation sites (N-methyl/N-ethyl adjacent to an activating group) is 1. The second kappa shape index (κ2) is 7.68. The van der Waals surface area contributed by atoms with E-state index in [4.69, 9.17) is 0 Å². The predicted molar refractivity (Wildman–Crippen MR) is 89.0 cm³/mol. The molecule has 0 spiro atoms. The first kappa shape index (κ1) is 17.6. The third-order valence-electron chi connectivity index (χ3n) is 3.45. The molecule has 0 aliphatic heterocycles. The Morgan fingerprint density at radius 2 is 1.52 bits per heavy atom. The van der Waals surface area contributed by atoms with Crippen molar-refractivity contribution in [2.24, 2.45) is 0 Å². The zero-order valence-electron chi connectivity index (χ0n) is 13.3. The molecule has 0 saturated carbocycles. The first-order valence-electron chi connectivity index (χ1n) is 7.34. The highest BCUT2D eigenvalue weighted by atomic mass is 32.2. The Balaban J connectivity index is 2.29. The lowest BCUT2D eigenvalue weighted by molar-refractivity contribution is 0.329. The van der Waals surface area contributed by atoms with E-state index in [-0.39, 0.29) is 11.4 Å². The molecule has 2 rings (SSSR count). The molecule has 4 nitrogen and oxygen atoms in total. The molecular formula is C17H21FN2O2S. The molecule has 0 aliphatic rings. The van der Waals surface area contributed by atoms with Gasteiger partial charge in [0.25, 0.3) is 0 Å². The minimum absolute atomic E-state index is 0.105. The number of nitrogens with zero attached hydrogens (tertiary/aromatic N) is 2. The van der Waals surface area contributed by atoms with Gasteiger partial charge in [0.2, 0.25) is 10.0 Å². The summed E-state index contributed by atoms with van der Waals surface area (Å²) in [4.78, 5) is 2.03. The second-order valence-electron chi connectivity index (χ2n) is 5.58. The molecule has 0 saturated heterocycles. The summed E-state index contributed by atoms with van der Waals surface area (Å²) < 4.78 is 40.2. The van der Waals surface area contributed by atoms with Gasteiger partial charge in [0, 0.05) is 19.6 Å². The summed E-state index contributed by atoms with van der Waals surface area (Å²) in [5.41, 5.74) is 0.914. The highest BCUT2D eigenvalue weighted by Crippen LogP contribution is 2.18. The smallest absolute Gasteiger partial charge is 0.243 e. The molecule has 0 unspecified atom stereocenters. The predicted octanol–water partition coefficient (Wildman–Crippen LogP) is 2.58. The van der Waals surface area contributed by atoms with E-state index < -0.39 is 15.8 Å². The fourth-order valence-electron chi connectivity index (χ4n) is 2.14. The van der Waals surface area contributed by atoms with E-state index in [9.17, 15) is 12.8 Å². The highest BCUT2D eigenvalue weighted by molar-refractivity contribution is 7.89. The van der Waals surface area contributed by atoms with Crippen LogP contribution in [0.4, 0.5) is 4.39 Å². The zero-order chi connectivity index (χ0) is 16.9. The van der Waals surface area contributed by atoms with Gasteiger partial charge in [-0.05, 0) is 43.9 Å². The van der Waals surface area contributed by atoms with E-state index in [1.165, 1.54) is 28.6 Å². The molecule has 0 aromatic heterocycles. The third-order valence-corrected chi connectivity index (χ3v) is 5.31. The summed E-state index contributed by atoms with van der Waals surface area (Å²) in [6, 6.07) is 14.4. The molecule has 0 heterocycles. The van der Waals surface area contributed by atoms with Crippen molar-refractivity contribution in [2.75, 3.05) is 27.2 Å². The monoisotopic (exact) mass is 336 g/mol. The molecule has 0 fully saturated rings. The van der Waals surface area contributed by atoms with Crippen LogP contribution in [-0.4, -0.2) is 44.8 Å². The maximum absolute atomic E-state index is 13.1. The molecule has 23 heavy (non-hydrogen) atoms. The normalized spacial score (nSPS) is 12.0. The van der Waals surface area contributed by atoms with Crippen molar-refractivity contribution in [2.45, 2.75) is 11.4 Å². The van der Waals surface area contributed by atoms with Crippen LogP contribution in [0.5, 0.6) is 0 Å². The standard InChI is InChI=1S/C17H21FN2O2S/c1-19(2)12-13-20(14-15-6-4-3-5-7-15)23(21,22)17-10-8-16(18)9-11-17/h3-11H,12-14H2,1-2H3. The van der Waals surface area contributed by atoms with Gasteiger partial charge in [-0.15, -0.1) is 0 Å². The number of hydrogen-bond acceptors (Lipinski definition) is 3. The zero-order valence-corrected chi connectivity index (χ0v) is 14.1. The largest absolute Gasteiger partial charge is 0.308 e. The fourth-order valence-corrected chi connectivity index (χ4v) is 3.56. The molecule has 2 aromatic carbocycles. The van der Waals surface area contributed by atoms with E-state index in [1.54, 1.807) is 0 Å². The van der Waals surface area contributed by atoms with Gasteiger partial charge in [-0.25, -0.2) is 12.8 Å². The van der Waals surface area contributed by atoms with Crippen molar-refractivity contribution < 1.29 is 12.8 Å². The second-order valence-corrected chi connectivity index (χ2v) is 7.52. The van der Waals surface area contributed by atoms with Gasteiger partial charge in [0.15, 0.2) is 0 Å². The van der Waals surface area contributed by atoms with Gasteiger partial charge in [-0.3, -0.25) is 0 Å². The average Bonchev–Trinajstić information content (AvgIpc) is 2.52. The fraction of sp³-hybridized carbons (Fsp3) is 0.294. The van der Waals surface area contributed by atoms with Crippen LogP contribution in [0.3, 0.4) is 0 Å². The topological polar surface area (TPSA) is 40.6 Å². The minimum atomic E-state index is -3.67. The van der Waals surface area contributed by atoms with Gasteiger partial charge in [0.05, 0.1) is 4.90 Å². The average molecular weight is 336 g/mol. The molecule has 0 N–H and O–H groups in total. The molecule has 2 aromatic rings. The summed E-state index contributed by atoms with van der Waals surface area (Å²) in [6.07, 6.45) is 0. The van der Waals surface area contributed by atoms with Crippen molar-refractivity contribution in [1.29, 1.82) is 0 Å². The van der Waals surface area contributed by atoms with Crippen molar-refractivity contribution in [3.63, 3.8) is 0 Å². The third kappa shape index (κ3) is 4.86. The van der Waals surface area contributed by atoms with Crippen molar-refractivity contribution >= 4 is 10.0 Å². The Morgan fingerprint density at radius 3 is 2.09 bits per heavy atom. The lowest BCUT2D eigenvalue weighted by atomic mass is 10.2. The van der Waals surface area contributed by atoms with Gasteiger partial charge in [-0.1, -0.05) is 30.3 Å². The Morgan fingerprint density at radius 1 is 0.913 bits per heavy atom. The Kier molecular flexibility index (Phi) is 5.87.